The molecule has 0 heterocycles. The molecule has 2 heteroatoms. The number of hydrogen-bond acceptors (Lipinski definition) is 2. The van der Waals surface area contributed by atoms with Crippen LogP contribution in [0.5, 0.6) is 0 Å². The molecule has 2 saturated carbocycles. The largest absolute Gasteiger partial charge is 0.392 e. The Balaban J connectivity index is 2.02. The molecule has 0 aromatic rings. The van der Waals surface area contributed by atoms with Crippen molar-refractivity contribution < 1.29 is 5.11 Å². The smallest absolute Gasteiger partial charge is 0.0636 e. The van der Waals surface area contributed by atoms with Gasteiger partial charge in [0.15, 0.2) is 0 Å². The van der Waals surface area contributed by atoms with E-state index in [4.69, 9.17) is 5.73 Å². The molecule has 2 fully saturated rings. The minimum Gasteiger partial charge on any atom is -0.392 e. The molecule has 0 saturated heterocycles. The Hall–Kier alpha value is -0.0800. The fourth-order valence-electron chi connectivity index (χ4n) is 4.95. The van der Waals surface area contributed by atoms with Crippen molar-refractivity contribution in [2.75, 3.05) is 6.54 Å². The summed E-state index contributed by atoms with van der Waals surface area (Å²) in [7, 11) is 0. The van der Waals surface area contributed by atoms with Gasteiger partial charge in [0.05, 0.1) is 6.10 Å². The molecule has 124 valence electrons. The first-order chi connectivity index (χ1) is 9.78. The first-order valence-corrected chi connectivity index (χ1v) is 9.16. The maximum atomic E-state index is 11.1. The summed E-state index contributed by atoms with van der Waals surface area (Å²) in [5.74, 6) is 2.05. The average Bonchev–Trinajstić information content (AvgIpc) is 2.45. The summed E-state index contributed by atoms with van der Waals surface area (Å²) >= 11 is 0. The van der Waals surface area contributed by atoms with E-state index >= 15 is 0 Å². The van der Waals surface area contributed by atoms with Gasteiger partial charge in [0.25, 0.3) is 0 Å². The zero-order valence-corrected chi connectivity index (χ0v) is 14.7. The fourth-order valence-corrected chi connectivity index (χ4v) is 4.95. The van der Waals surface area contributed by atoms with Gasteiger partial charge in [-0.1, -0.05) is 40.5 Å². The maximum absolute atomic E-state index is 11.1. The molecule has 0 radical (unpaired) electrons. The zero-order chi connectivity index (χ0) is 15.7. The first kappa shape index (κ1) is 17.3. The number of nitrogens with two attached hydrogens (primary N) is 1. The van der Waals surface area contributed by atoms with Gasteiger partial charge in [-0.05, 0) is 61.7 Å². The van der Waals surface area contributed by atoms with Gasteiger partial charge >= 0.3 is 0 Å². The molecule has 2 nitrogen and oxygen atoms in total. The predicted octanol–water partition coefficient (Wildman–Crippen LogP) is 4.36. The minimum atomic E-state index is -0.175. The van der Waals surface area contributed by atoms with Crippen LogP contribution in [0.25, 0.3) is 0 Å². The van der Waals surface area contributed by atoms with E-state index in [1.165, 1.54) is 38.5 Å². The summed E-state index contributed by atoms with van der Waals surface area (Å²) in [4.78, 5) is 0. The van der Waals surface area contributed by atoms with E-state index in [9.17, 15) is 5.11 Å². The zero-order valence-electron chi connectivity index (χ0n) is 14.7. The van der Waals surface area contributed by atoms with Gasteiger partial charge in [0.1, 0.15) is 0 Å². The topological polar surface area (TPSA) is 46.2 Å². The lowest BCUT2D eigenvalue weighted by molar-refractivity contribution is -0.0656. The van der Waals surface area contributed by atoms with E-state index < -0.39 is 0 Å². The highest BCUT2D eigenvalue weighted by atomic mass is 16.3. The molecule has 0 spiro atoms. The Labute approximate surface area is 131 Å². The van der Waals surface area contributed by atoms with Gasteiger partial charge < -0.3 is 10.8 Å². The van der Waals surface area contributed by atoms with Crippen LogP contribution < -0.4 is 5.73 Å². The van der Waals surface area contributed by atoms with Crippen LogP contribution in [0.2, 0.25) is 0 Å². The molecule has 3 N–H and O–H groups in total. The average molecular weight is 296 g/mol. The van der Waals surface area contributed by atoms with E-state index in [0.29, 0.717) is 17.9 Å². The summed E-state index contributed by atoms with van der Waals surface area (Å²) in [6.07, 6.45) is 9.57. The molecule has 2 aliphatic carbocycles. The predicted molar refractivity (Wildman–Crippen MR) is 90.0 cm³/mol. The normalized spacial score (nSPS) is 40.0. The van der Waals surface area contributed by atoms with Crippen molar-refractivity contribution in [2.24, 2.45) is 34.3 Å². The lowest BCUT2D eigenvalue weighted by Crippen LogP contribution is -2.49. The third-order valence-electron chi connectivity index (χ3n) is 6.66. The van der Waals surface area contributed by atoms with Crippen molar-refractivity contribution in [3.05, 3.63) is 0 Å². The van der Waals surface area contributed by atoms with Crippen LogP contribution in [-0.2, 0) is 0 Å². The van der Waals surface area contributed by atoms with Crippen LogP contribution in [0.4, 0.5) is 0 Å². The van der Waals surface area contributed by atoms with Crippen LogP contribution in [0.3, 0.4) is 0 Å². The fraction of sp³-hybridized carbons (Fsp3) is 1.00. The summed E-state index contributed by atoms with van der Waals surface area (Å²) in [6, 6.07) is 0. The SMILES string of the molecule is CC1CCCC(C(O)C2(CN)CCC(C(C)(C)C)CC2)C1. The number of aliphatic hydroxyl groups is 1. The van der Waals surface area contributed by atoms with E-state index in [2.05, 4.69) is 27.7 Å². The highest BCUT2D eigenvalue weighted by Crippen LogP contribution is 2.49. The molecule has 21 heavy (non-hydrogen) atoms. The minimum absolute atomic E-state index is 0.00345. The lowest BCUT2D eigenvalue weighted by Gasteiger charge is -2.49. The third kappa shape index (κ3) is 3.82. The van der Waals surface area contributed by atoms with Gasteiger partial charge in [0.2, 0.25) is 0 Å². The van der Waals surface area contributed by atoms with E-state index in [1.54, 1.807) is 0 Å². The Morgan fingerprint density at radius 2 is 1.76 bits per heavy atom. The molecule has 3 unspecified atom stereocenters. The lowest BCUT2D eigenvalue weighted by atomic mass is 9.59. The van der Waals surface area contributed by atoms with Crippen molar-refractivity contribution in [3.8, 4) is 0 Å². The second-order valence-corrected chi connectivity index (χ2v) is 9.18. The van der Waals surface area contributed by atoms with E-state index in [1.807, 2.05) is 0 Å². The molecule has 2 rings (SSSR count). The van der Waals surface area contributed by atoms with Gasteiger partial charge in [-0.25, -0.2) is 0 Å². The Bertz CT molecular complexity index is 325. The highest BCUT2D eigenvalue weighted by Gasteiger charge is 2.45. The molecular weight excluding hydrogens is 258 g/mol. The van der Waals surface area contributed by atoms with Crippen LogP contribution in [0.15, 0.2) is 0 Å². The molecule has 3 atom stereocenters. The third-order valence-corrected chi connectivity index (χ3v) is 6.66. The molecule has 2 aliphatic rings. The van der Waals surface area contributed by atoms with Crippen LogP contribution in [0, 0.1) is 28.6 Å². The molecular formula is C19H37NO. The highest BCUT2D eigenvalue weighted by molar-refractivity contribution is 4.97. The molecule has 0 aromatic carbocycles. The van der Waals surface area contributed by atoms with Crippen molar-refractivity contribution in [1.82, 2.24) is 0 Å². The van der Waals surface area contributed by atoms with Crippen molar-refractivity contribution >= 4 is 0 Å². The summed E-state index contributed by atoms with van der Waals surface area (Å²) < 4.78 is 0. The van der Waals surface area contributed by atoms with Gasteiger partial charge in [-0.3, -0.25) is 0 Å². The summed E-state index contributed by atoms with van der Waals surface area (Å²) in [5.41, 5.74) is 6.57. The number of aliphatic hydroxyl groups excluding tert-OH is 1. The number of rotatable bonds is 3. The van der Waals surface area contributed by atoms with Crippen LogP contribution in [0.1, 0.15) is 79.1 Å². The molecule has 0 aromatic heterocycles. The maximum Gasteiger partial charge on any atom is 0.0636 e. The Morgan fingerprint density at radius 1 is 1.14 bits per heavy atom. The Kier molecular flexibility index (Phi) is 5.41. The standard InChI is InChI=1S/C19H37NO/c1-14-6-5-7-15(12-14)17(21)19(13-20)10-8-16(9-11-19)18(2,3)4/h14-17,21H,5-13,20H2,1-4H3. The Morgan fingerprint density at radius 3 is 2.24 bits per heavy atom. The van der Waals surface area contributed by atoms with E-state index in [-0.39, 0.29) is 11.5 Å². The summed E-state index contributed by atoms with van der Waals surface area (Å²) in [6.45, 7) is 10.1. The molecule has 0 aliphatic heterocycles. The van der Waals surface area contributed by atoms with Crippen molar-refractivity contribution in [2.45, 2.75) is 85.2 Å². The second-order valence-electron chi connectivity index (χ2n) is 9.18. The van der Waals surface area contributed by atoms with Crippen LogP contribution >= 0.6 is 0 Å². The van der Waals surface area contributed by atoms with E-state index in [0.717, 1.165) is 24.7 Å². The second kappa shape index (κ2) is 6.58. The summed E-state index contributed by atoms with van der Waals surface area (Å²) in [5, 5.41) is 11.1. The van der Waals surface area contributed by atoms with Gasteiger partial charge in [0, 0.05) is 12.0 Å². The van der Waals surface area contributed by atoms with Gasteiger partial charge in [-0.15, -0.1) is 0 Å². The monoisotopic (exact) mass is 295 g/mol. The number of hydrogen-bond donors (Lipinski definition) is 2. The molecule has 0 bridgehead atoms. The van der Waals surface area contributed by atoms with Crippen LogP contribution in [-0.4, -0.2) is 17.8 Å². The van der Waals surface area contributed by atoms with Crippen molar-refractivity contribution in [1.29, 1.82) is 0 Å². The van der Waals surface area contributed by atoms with Crippen molar-refractivity contribution in [3.63, 3.8) is 0 Å². The quantitative estimate of drug-likeness (QED) is 0.813. The van der Waals surface area contributed by atoms with Gasteiger partial charge in [-0.2, -0.15) is 0 Å². The first-order valence-electron chi connectivity index (χ1n) is 9.16. The molecule has 0 amide bonds.